The average Bonchev–Trinajstić information content (AvgIpc) is 4.20. The van der Waals surface area contributed by atoms with Crippen LogP contribution in [0.3, 0.4) is 0 Å². The fourth-order valence-corrected chi connectivity index (χ4v) is 8.97. The van der Waals surface area contributed by atoms with Crippen molar-refractivity contribution in [3.05, 3.63) is 121 Å². The van der Waals surface area contributed by atoms with Crippen LogP contribution < -0.4 is 0 Å². The third kappa shape index (κ3) is 10.4. The summed E-state index contributed by atoms with van der Waals surface area (Å²) in [6.45, 7) is 7.83. The molecule has 0 aromatic carbocycles. The van der Waals surface area contributed by atoms with Crippen LogP contribution in [0.2, 0.25) is 0 Å². The summed E-state index contributed by atoms with van der Waals surface area (Å²) in [5, 5.41) is 12.5. The van der Waals surface area contributed by atoms with Crippen molar-refractivity contribution in [2.75, 3.05) is 78.9 Å². The van der Waals surface area contributed by atoms with E-state index >= 15 is 0 Å². The van der Waals surface area contributed by atoms with E-state index in [4.69, 9.17) is 28.4 Å². The van der Waals surface area contributed by atoms with Gasteiger partial charge in [-0.25, -0.2) is 44.9 Å². The van der Waals surface area contributed by atoms with Crippen molar-refractivity contribution >= 4 is 69.4 Å². The molecule has 0 saturated heterocycles. The maximum Gasteiger partial charge on any atom is 3.00 e. The molecule has 6 aromatic rings. The van der Waals surface area contributed by atoms with Crippen LogP contribution in [0.25, 0.3) is 33.4 Å². The first-order valence-electron chi connectivity index (χ1n) is 20.4. The summed E-state index contributed by atoms with van der Waals surface area (Å²) >= 11 is 5.00. The van der Waals surface area contributed by atoms with E-state index in [1.807, 2.05) is 36.4 Å². The average molecular weight is 1040 g/mol. The third-order valence-electron chi connectivity index (χ3n) is 9.87. The number of hydrogen-bond acceptors (Lipinski definition) is 18. The molecule has 0 amide bonds. The van der Waals surface area contributed by atoms with E-state index in [1.165, 1.54) is 0 Å². The molecule has 0 saturated carbocycles. The molecule has 0 spiro atoms. The Morgan fingerprint density at radius 3 is 0.688 bits per heavy atom. The fraction of sp³-hybridized carbons (Fsp3) is 0.267. The quantitative estimate of drug-likeness (QED) is 0.147. The van der Waals surface area contributed by atoms with Crippen LogP contribution in [0.5, 0.6) is 0 Å². The van der Waals surface area contributed by atoms with E-state index in [9.17, 15) is 0 Å². The van der Waals surface area contributed by atoms with Gasteiger partial charge in [0.15, 0.2) is 0 Å². The van der Waals surface area contributed by atoms with Gasteiger partial charge in [0.2, 0.25) is 35.4 Å². The minimum Gasteiger partial charge on any atom is -0.474 e. The van der Waals surface area contributed by atoms with Gasteiger partial charge in [-0.2, -0.15) is 34.0 Å². The number of nitrogens with zero attached hydrogens (tertiary/aromatic N) is 9. The summed E-state index contributed by atoms with van der Waals surface area (Å²) in [5.41, 5.74) is 11.1. The minimum atomic E-state index is 0. The van der Waals surface area contributed by atoms with Gasteiger partial charge in [-0.05, 0) is 120 Å². The predicted molar refractivity (Wildman–Crippen MR) is 247 cm³/mol. The molecule has 6 aliphatic heterocycles. The van der Waals surface area contributed by atoms with Gasteiger partial charge in [-0.3, -0.25) is 0 Å². The molecule has 0 radical (unpaired) electrons. The number of hydrogen-bond donors (Lipinski definition) is 0. The van der Waals surface area contributed by atoms with Crippen molar-refractivity contribution in [2.24, 2.45) is 30.0 Å². The van der Waals surface area contributed by atoms with Crippen molar-refractivity contribution in [2.45, 2.75) is 0 Å². The van der Waals surface area contributed by atoms with Crippen molar-refractivity contribution in [1.82, 2.24) is 15.0 Å². The number of thiophene rings is 3. The zero-order chi connectivity index (χ0) is 42.2. The molecule has 0 atom stereocenters. The predicted octanol–water partition coefficient (Wildman–Crippen LogP) is 7.09. The second kappa shape index (κ2) is 21.0. The van der Waals surface area contributed by atoms with E-state index in [0.717, 1.165) is 67.5 Å². The van der Waals surface area contributed by atoms with Crippen LogP contribution in [-0.4, -0.2) is 129 Å². The summed E-state index contributed by atoms with van der Waals surface area (Å²) in [7, 11) is 0. The Kier molecular flexibility index (Phi) is 14.4. The topological polar surface area (TPSA) is 168 Å². The van der Waals surface area contributed by atoms with Crippen molar-refractivity contribution in [1.29, 1.82) is 0 Å². The molecule has 0 aliphatic carbocycles. The van der Waals surface area contributed by atoms with E-state index < -0.39 is 0 Å². The Balaban J connectivity index is 0.000000121. The summed E-state index contributed by atoms with van der Waals surface area (Å²) in [5.74, 6) is 3.62. The van der Waals surface area contributed by atoms with Gasteiger partial charge < -0.3 is 28.4 Å². The Morgan fingerprint density at radius 2 is 0.531 bits per heavy atom. The maximum absolute atomic E-state index is 5.54. The normalized spacial score (nSPS) is 16.9. The zero-order valence-electron chi connectivity index (χ0n) is 34.4. The number of aromatic nitrogens is 3. The van der Waals surface area contributed by atoms with Crippen LogP contribution >= 0.6 is 34.0 Å². The van der Waals surface area contributed by atoms with Gasteiger partial charge in [0.1, 0.15) is 73.8 Å². The van der Waals surface area contributed by atoms with Crippen LogP contribution in [0.1, 0.15) is 34.2 Å². The molecule has 12 rings (SSSR count). The first-order valence-corrected chi connectivity index (χ1v) is 23.2. The van der Waals surface area contributed by atoms with Gasteiger partial charge in [-0.1, -0.05) is 0 Å². The van der Waals surface area contributed by atoms with Gasteiger partial charge in [0, 0.05) is 0 Å². The van der Waals surface area contributed by atoms with Crippen LogP contribution in [0.15, 0.2) is 117 Å². The van der Waals surface area contributed by atoms with Crippen molar-refractivity contribution in [3.63, 3.8) is 0 Å². The molecular formula is C45H39LaN9O6S3+3. The third-order valence-corrected chi connectivity index (χ3v) is 11.9. The molecule has 6 aromatic heterocycles. The molecule has 15 nitrogen and oxygen atoms in total. The summed E-state index contributed by atoms with van der Waals surface area (Å²) in [4.78, 5) is 39.9. The molecule has 0 bridgehead atoms. The van der Waals surface area contributed by atoms with E-state index in [0.29, 0.717) is 114 Å². The Bertz CT molecular complexity index is 2350. The molecule has 6 aliphatic rings. The molecule has 0 N–H and O–H groups in total. The first-order chi connectivity index (χ1) is 31.2. The minimum absolute atomic E-state index is 0. The van der Waals surface area contributed by atoms with Crippen LogP contribution in [-0.2, 0) is 28.4 Å². The van der Waals surface area contributed by atoms with Crippen molar-refractivity contribution in [3.8, 4) is 33.4 Å². The summed E-state index contributed by atoms with van der Waals surface area (Å²) in [6, 6.07) is 18.3. The maximum atomic E-state index is 5.54. The fourth-order valence-electron chi connectivity index (χ4n) is 6.98. The number of ether oxygens (including phenoxy) is 6. The number of aliphatic imine (C=N–C) groups is 6. The van der Waals surface area contributed by atoms with Gasteiger partial charge in [0.05, 0.1) is 39.3 Å². The zero-order valence-corrected chi connectivity index (χ0v) is 40.5. The second-order valence-electron chi connectivity index (χ2n) is 14.1. The molecule has 318 valence electrons. The monoisotopic (exact) mass is 1040 g/mol. The van der Waals surface area contributed by atoms with Crippen LogP contribution in [0, 0.1) is 35.6 Å². The molecule has 0 unspecified atom stereocenters. The SMILES string of the molecule is [La+3].c1cc(-c2cc(C3=NCCO3)nc(C3=NCCO3)c2)cs1.c1cc(-c2cc(C3=NCCO3)nc(C3=NCCO3)c2)cs1.c1cc(-c2cc(C3=NCCO3)nc(C3=NCCO3)c2)cs1. The van der Waals surface area contributed by atoms with Crippen molar-refractivity contribution < 1.29 is 64.0 Å². The van der Waals surface area contributed by atoms with Gasteiger partial charge in [0.25, 0.3) is 0 Å². The molecule has 12 heterocycles. The Labute approximate surface area is 408 Å². The number of rotatable bonds is 9. The molecule has 64 heavy (non-hydrogen) atoms. The van der Waals surface area contributed by atoms with Gasteiger partial charge >= 0.3 is 35.6 Å². The number of pyridine rings is 3. The standard InChI is InChI=1S/3C15H13N3O2S.La/c3*1-6-21-9-10(1)11-7-12(14-16-2-4-19-14)18-13(8-11)15-17-3-5-20-15;/h3*1,6-9H,2-5H2;/q;;;+3. The Morgan fingerprint density at radius 1 is 0.312 bits per heavy atom. The molecule has 19 heteroatoms. The molecule has 0 fully saturated rings. The largest absolute Gasteiger partial charge is 3.00 e. The summed E-state index contributed by atoms with van der Waals surface area (Å²) < 4.78 is 33.2. The van der Waals surface area contributed by atoms with E-state index in [1.54, 1.807) is 34.0 Å². The summed E-state index contributed by atoms with van der Waals surface area (Å²) in [6.07, 6.45) is 0. The van der Waals surface area contributed by atoms with Crippen LogP contribution in [0.4, 0.5) is 0 Å². The Hall–Kier alpha value is -5.44. The van der Waals surface area contributed by atoms with E-state index in [-0.39, 0.29) is 35.6 Å². The smallest absolute Gasteiger partial charge is 0.474 e. The molecular weight excluding hydrogens is 998 g/mol. The van der Waals surface area contributed by atoms with Gasteiger partial charge in [-0.15, -0.1) is 0 Å². The second-order valence-corrected chi connectivity index (χ2v) is 16.5. The van der Waals surface area contributed by atoms with E-state index in [2.05, 4.69) is 95.4 Å². The first kappa shape index (κ1) is 43.8.